The highest BCUT2D eigenvalue weighted by molar-refractivity contribution is 7.15. The number of nitrogens with one attached hydrogen (secondary N) is 1. The number of nitrogens with two attached hydrogens (primary N) is 1. The molecular weight excluding hydrogens is 471 g/mol. The van der Waals surface area contributed by atoms with Gasteiger partial charge < -0.3 is 25.6 Å². The van der Waals surface area contributed by atoms with Crippen molar-refractivity contribution in [3.05, 3.63) is 64.7 Å². The number of rotatable bonds is 11. The number of alkyl halides is 3. The van der Waals surface area contributed by atoms with E-state index in [1.165, 1.54) is 23.5 Å². The third-order valence-electron chi connectivity index (χ3n) is 4.73. The van der Waals surface area contributed by atoms with Gasteiger partial charge in [0.25, 0.3) is 0 Å². The number of hydrogen-bond acceptors (Lipinski definition) is 7. The van der Waals surface area contributed by atoms with Gasteiger partial charge >= 0.3 is 12.1 Å². The Morgan fingerprint density at radius 1 is 1.18 bits per heavy atom. The molecule has 0 aliphatic heterocycles. The summed E-state index contributed by atoms with van der Waals surface area (Å²) in [5, 5.41) is 12.7. The molecule has 0 radical (unpaired) electrons. The summed E-state index contributed by atoms with van der Waals surface area (Å²) in [7, 11) is 0. The highest BCUT2D eigenvalue weighted by atomic mass is 32.1. The summed E-state index contributed by atoms with van der Waals surface area (Å²) in [6.45, 7) is 2.68. The van der Waals surface area contributed by atoms with E-state index >= 15 is 0 Å². The quantitative estimate of drug-likeness (QED) is 0.256. The number of carboxylic acids is 1. The maximum Gasteiger partial charge on any atom is 0.416 e. The van der Waals surface area contributed by atoms with Crippen molar-refractivity contribution in [3.8, 4) is 16.3 Å². The minimum atomic E-state index is -4.38. The van der Waals surface area contributed by atoms with Crippen LogP contribution in [0.3, 0.4) is 0 Å². The summed E-state index contributed by atoms with van der Waals surface area (Å²) in [5.74, 6) is -0.577. The van der Waals surface area contributed by atoms with Crippen molar-refractivity contribution in [1.82, 2.24) is 4.98 Å². The maximum absolute atomic E-state index is 12.8. The predicted molar refractivity (Wildman–Crippen MR) is 123 cm³/mol. The standard InChI is InChI=1S/C23H24F3N3O4S/c1-14-19(34-21(28-14)15-3-5-16(6-4-15)23(24,25)26)13-33-18-9-7-17(8-10-18)29-20(22(30)31)32-12-2-11-27/h3-10,20,29H,2,11-13,27H2,1H3,(H,30,31)/t20-/m0/s1. The van der Waals surface area contributed by atoms with Crippen LogP contribution >= 0.6 is 11.3 Å². The van der Waals surface area contributed by atoms with Crippen molar-refractivity contribution < 1.29 is 32.5 Å². The monoisotopic (exact) mass is 495 g/mol. The third-order valence-corrected chi connectivity index (χ3v) is 5.91. The lowest BCUT2D eigenvalue weighted by molar-refractivity contribution is -0.148. The Bertz CT molecular complexity index is 1090. The van der Waals surface area contributed by atoms with Gasteiger partial charge in [0.15, 0.2) is 0 Å². The number of carboxylic acid groups (broad SMARTS) is 1. The maximum atomic E-state index is 12.8. The van der Waals surface area contributed by atoms with E-state index in [2.05, 4.69) is 10.3 Å². The summed E-state index contributed by atoms with van der Waals surface area (Å²) in [4.78, 5) is 16.6. The van der Waals surface area contributed by atoms with Gasteiger partial charge in [0.05, 0.1) is 22.7 Å². The molecule has 0 saturated heterocycles. The molecule has 3 rings (SSSR count). The van der Waals surface area contributed by atoms with E-state index in [0.717, 1.165) is 22.7 Å². The molecular formula is C23H24F3N3O4S. The van der Waals surface area contributed by atoms with Crippen LogP contribution < -0.4 is 15.8 Å². The molecule has 0 aliphatic rings. The lowest BCUT2D eigenvalue weighted by atomic mass is 10.1. The Morgan fingerprint density at radius 2 is 1.85 bits per heavy atom. The van der Waals surface area contributed by atoms with Crippen molar-refractivity contribution >= 4 is 23.0 Å². The van der Waals surface area contributed by atoms with Crippen molar-refractivity contribution in [2.24, 2.45) is 5.73 Å². The molecule has 0 bridgehead atoms. The first-order valence-corrected chi connectivity index (χ1v) is 11.2. The molecule has 0 fully saturated rings. The number of carbonyl (C=O) groups is 1. The van der Waals surface area contributed by atoms with E-state index in [1.54, 1.807) is 24.3 Å². The van der Waals surface area contributed by atoms with Gasteiger partial charge in [-0.3, -0.25) is 0 Å². The minimum Gasteiger partial charge on any atom is -0.488 e. The van der Waals surface area contributed by atoms with Crippen LogP contribution in [0.25, 0.3) is 10.6 Å². The number of anilines is 1. The molecule has 1 atom stereocenters. The fourth-order valence-electron chi connectivity index (χ4n) is 2.89. The average molecular weight is 496 g/mol. The van der Waals surface area contributed by atoms with Crippen LogP contribution in [-0.2, 0) is 22.3 Å². The zero-order chi connectivity index (χ0) is 24.7. The van der Waals surface area contributed by atoms with Crippen molar-refractivity contribution in [3.63, 3.8) is 0 Å². The molecule has 7 nitrogen and oxygen atoms in total. The zero-order valence-electron chi connectivity index (χ0n) is 18.3. The van der Waals surface area contributed by atoms with Crippen molar-refractivity contribution in [2.75, 3.05) is 18.5 Å². The van der Waals surface area contributed by atoms with Gasteiger partial charge in [-0.1, -0.05) is 12.1 Å². The van der Waals surface area contributed by atoms with Crippen LogP contribution in [0.15, 0.2) is 48.5 Å². The SMILES string of the molecule is Cc1nc(-c2ccc(C(F)(F)F)cc2)sc1COc1ccc(N[C@@H](OCCCN)C(=O)O)cc1. The first-order chi connectivity index (χ1) is 16.2. The largest absolute Gasteiger partial charge is 0.488 e. The Balaban J connectivity index is 1.59. The number of aliphatic carboxylic acids is 1. The highest BCUT2D eigenvalue weighted by Crippen LogP contribution is 2.33. The molecule has 1 heterocycles. The average Bonchev–Trinajstić information content (AvgIpc) is 3.18. The molecule has 2 aromatic carbocycles. The molecule has 11 heteroatoms. The normalized spacial score (nSPS) is 12.4. The summed E-state index contributed by atoms with van der Waals surface area (Å²) >= 11 is 1.35. The highest BCUT2D eigenvalue weighted by Gasteiger charge is 2.30. The summed E-state index contributed by atoms with van der Waals surface area (Å²) < 4.78 is 49.4. The number of halogens is 3. The number of aryl methyl sites for hydroxylation is 1. The van der Waals surface area contributed by atoms with Crippen LogP contribution in [0.2, 0.25) is 0 Å². The van der Waals surface area contributed by atoms with Crippen LogP contribution in [-0.4, -0.2) is 35.4 Å². The Hall–Kier alpha value is -3.15. The summed E-state index contributed by atoms with van der Waals surface area (Å²) in [6, 6.07) is 11.6. The zero-order valence-corrected chi connectivity index (χ0v) is 19.1. The van der Waals surface area contributed by atoms with Crippen LogP contribution in [0.4, 0.5) is 18.9 Å². The molecule has 182 valence electrons. The predicted octanol–water partition coefficient (Wildman–Crippen LogP) is 4.90. The first kappa shape index (κ1) is 25.5. The van der Waals surface area contributed by atoms with Crippen molar-refractivity contribution in [2.45, 2.75) is 32.4 Å². The number of nitrogens with zero attached hydrogens (tertiary/aromatic N) is 1. The van der Waals surface area contributed by atoms with Crippen molar-refractivity contribution in [1.29, 1.82) is 0 Å². The van der Waals surface area contributed by atoms with Crippen LogP contribution in [0.1, 0.15) is 22.6 Å². The summed E-state index contributed by atoms with van der Waals surface area (Å²) in [5.41, 5.74) is 6.56. The number of aromatic nitrogens is 1. The Labute approximate surface area is 198 Å². The molecule has 4 N–H and O–H groups in total. The van der Waals surface area contributed by atoms with E-state index in [4.69, 9.17) is 15.2 Å². The fourth-order valence-corrected chi connectivity index (χ4v) is 3.88. The van der Waals surface area contributed by atoms with Crippen LogP contribution in [0, 0.1) is 6.92 Å². The fraction of sp³-hybridized carbons (Fsp3) is 0.304. The second-order valence-corrected chi connectivity index (χ2v) is 8.38. The van der Waals surface area contributed by atoms with E-state index in [9.17, 15) is 23.1 Å². The van der Waals surface area contributed by atoms with E-state index < -0.39 is 23.9 Å². The molecule has 0 aliphatic carbocycles. The molecule has 0 spiro atoms. The Morgan fingerprint density at radius 3 is 2.44 bits per heavy atom. The lowest BCUT2D eigenvalue weighted by Crippen LogP contribution is -2.32. The van der Waals surface area contributed by atoms with Gasteiger partial charge in [-0.25, -0.2) is 9.78 Å². The third kappa shape index (κ3) is 6.92. The molecule has 0 amide bonds. The van der Waals surface area contributed by atoms with Gasteiger partial charge in [-0.05, 0) is 56.3 Å². The first-order valence-electron chi connectivity index (χ1n) is 10.3. The molecule has 1 aromatic heterocycles. The van der Waals surface area contributed by atoms with Gasteiger partial charge in [0, 0.05) is 11.3 Å². The van der Waals surface area contributed by atoms with Crippen LogP contribution in [0.5, 0.6) is 5.75 Å². The summed E-state index contributed by atoms with van der Waals surface area (Å²) in [6.07, 6.45) is -5.02. The molecule has 0 saturated carbocycles. The number of thiazole rings is 1. The van der Waals surface area contributed by atoms with Gasteiger partial charge in [0.1, 0.15) is 17.4 Å². The number of benzene rings is 2. The molecule has 34 heavy (non-hydrogen) atoms. The second-order valence-electron chi connectivity index (χ2n) is 7.29. The topological polar surface area (TPSA) is 107 Å². The second kappa shape index (κ2) is 11.3. The van der Waals surface area contributed by atoms with Gasteiger partial charge in [-0.15, -0.1) is 11.3 Å². The smallest absolute Gasteiger partial charge is 0.416 e. The molecule has 3 aromatic rings. The Kier molecular flexibility index (Phi) is 8.48. The minimum absolute atomic E-state index is 0.227. The van der Waals surface area contributed by atoms with E-state index in [1.807, 2.05) is 6.92 Å². The molecule has 0 unspecified atom stereocenters. The number of hydrogen-bond donors (Lipinski definition) is 3. The number of ether oxygens (including phenoxy) is 2. The van der Waals surface area contributed by atoms with E-state index in [0.29, 0.717) is 35.0 Å². The lowest BCUT2D eigenvalue weighted by Gasteiger charge is -2.16. The van der Waals surface area contributed by atoms with Gasteiger partial charge in [0.2, 0.25) is 6.23 Å². The van der Waals surface area contributed by atoms with E-state index in [-0.39, 0.29) is 13.2 Å². The van der Waals surface area contributed by atoms with Gasteiger partial charge in [-0.2, -0.15) is 13.2 Å².